The number of rotatable bonds is 5. The number of carbonyl (C=O) groups is 1. The Morgan fingerprint density at radius 1 is 1.10 bits per heavy atom. The molecule has 0 saturated carbocycles. The molecule has 2 aromatic rings. The van der Waals surface area contributed by atoms with Crippen LogP contribution >= 0.6 is 22.6 Å². The van der Waals surface area contributed by atoms with Crippen LogP contribution in [0.1, 0.15) is 22.8 Å². The lowest BCUT2D eigenvalue weighted by atomic mass is 10.0. The van der Waals surface area contributed by atoms with Gasteiger partial charge in [-0.15, -0.1) is 0 Å². The second-order valence-corrected chi connectivity index (χ2v) is 7.68. The molecular formula is C15H14INO3S. The number of sulfonamides is 1. The van der Waals surface area contributed by atoms with Gasteiger partial charge >= 0.3 is 0 Å². The number of nitrogens with one attached hydrogen (secondary N) is 1. The van der Waals surface area contributed by atoms with Crippen LogP contribution in [0.2, 0.25) is 0 Å². The number of anilines is 1. The minimum atomic E-state index is -3.30. The number of carbonyl (C=O) groups excluding carboxylic acids is 1. The van der Waals surface area contributed by atoms with Crippen LogP contribution in [-0.4, -0.2) is 20.0 Å². The van der Waals surface area contributed by atoms with Crippen molar-refractivity contribution in [1.82, 2.24) is 0 Å². The van der Waals surface area contributed by atoms with Crippen LogP contribution in [0.15, 0.2) is 48.5 Å². The molecule has 0 spiro atoms. The summed E-state index contributed by atoms with van der Waals surface area (Å²) in [5.74, 6) is -0.0747. The molecule has 21 heavy (non-hydrogen) atoms. The molecule has 0 aliphatic carbocycles. The highest BCUT2D eigenvalue weighted by Crippen LogP contribution is 2.16. The Bertz CT molecular complexity index is 755. The van der Waals surface area contributed by atoms with Crippen molar-refractivity contribution < 1.29 is 13.2 Å². The highest BCUT2D eigenvalue weighted by atomic mass is 127. The topological polar surface area (TPSA) is 63.2 Å². The fraction of sp³-hybridized carbons (Fsp3) is 0.133. The van der Waals surface area contributed by atoms with Gasteiger partial charge < -0.3 is 0 Å². The van der Waals surface area contributed by atoms with E-state index in [1.807, 2.05) is 18.2 Å². The third-order valence-corrected chi connectivity index (χ3v) is 4.87. The van der Waals surface area contributed by atoms with Crippen molar-refractivity contribution in [2.75, 3.05) is 10.5 Å². The zero-order valence-electron chi connectivity index (χ0n) is 11.3. The molecule has 0 aliphatic heterocycles. The van der Waals surface area contributed by atoms with Crippen LogP contribution in [-0.2, 0) is 10.0 Å². The fourth-order valence-corrected chi connectivity index (χ4v) is 2.92. The third kappa shape index (κ3) is 4.28. The van der Waals surface area contributed by atoms with E-state index in [0.29, 0.717) is 16.8 Å². The van der Waals surface area contributed by atoms with Gasteiger partial charge in [0.1, 0.15) is 0 Å². The number of ketones is 1. The van der Waals surface area contributed by atoms with E-state index in [1.165, 1.54) is 0 Å². The Hall–Kier alpha value is -1.41. The summed E-state index contributed by atoms with van der Waals surface area (Å²) in [4.78, 5) is 12.3. The molecule has 0 saturated heterocycles. The van der Waals surface area contributed by atoms with Gasteiger partial charge in [0.05, 0.1) is 5.75 Å². The van der Waals surface area contributed by atoms with Crippen LogP contribution in [0.4, 0.5) is 5.69 Å². The largest absolute Gasteiger partial charge is 0.289 e. The van der Waals surface area contributed by atoms with E-state index >= 15 is 0 Å². The molecule has 6 heteroatoms. The smallest absolute Gasteiger partial charge is 0.232 e. The lowest BCUT2D eigenvalue weighted by molar-refractivity contribution is 0.103. The van der Waals surface area contributed by atoms with Gasteiger partial charge in [-0.1, -0.05) is 12.1 Å². The van der Waals surface area contributed by atoms with E-state index < -0.39 is 10.0 Å². The average Bonchev–Trinajstić information content (AvgIpc) is 2.47. The Labute approximate surface area is 137 Å². The molecule has 0 fully saturated rings. The van der Waals surface area contributed by atoms with Gasteiger partial charge in [0.2, 0.25) is 10.0 Å². The summed E-state index contributed by atoms with van der Waals surface area (Å²) in [6.07, 6.45) is 0. The number of hydrogen-bond donors (Lipinski definition) is 1. The minimum absolute atomic E-state index is 0.0101. The van der Waals surface area contributed by atoms with Gasteiger partial charge in [0.25, 0.3) is 0 Å². The number of halogens is 1. The highest BCUT2D eigenvalue weighted by Gasteiger charge is 2.11. The molecule has 2 aromatic carbocycles. The zero-order chi connectivity index (χ0) is 15.5. The summed E-state index contributed by atoms with van der Waals surface area (Å²) in [7, 11) is -3.30. The first-order valence-corrected chi connectivity index (χ1v) is 9.05. The average molecular weight is 415 g/mol. The van der Waals surface area contributed by atoms with E-state index in [9.17, 15) is 13.2 Å². The van der Waals surface area contributed by atoms with Crippen molar-refractivity contribution in [3.8, 4) is 0 Å². The molecule has 0 unspecified atom stereocenters. The molecule has 0 aromatic heterocycles. The summed E-state index contributed by atoms with van der Waals surface area (Å²) in [5.41, 5.74) is 1.59. The first kappa shape index (κ1) is 16.0. The lowest BCUT2D eigenvalue weighted by Crippen LogP contribution is -2.14. The van der Waals surface area contributed by atoms with Crippen molar-refractivity contribution in [3.05, 3.63) is 63.2 Å². The summed E-state index contributed by atoms with van der Waals surface area (Å²) in [6, 6.07) is 13.8. The number of benzene rings is 2. The van der Waals surface area contributed by atoms with Crippen LogP contribution < -0.4 is 4.72 Å². The molecule has 4 nitrogen and oxygen atoms in total. The van der Waals surface area contributed by atoms with Crippen molar-refractivity contribution in [2.45, 2.75) is 6.92 Å². The summed E-state index contributed by atoms with van der Waals surface area (Å²) in [5, 5.41) is 0. The molecule has 110 valence electrons. The zero-order valence-corrected chi connectivity index (χ0v) is 14.3. The summed E-state index contributed by atoms with van der Waals surface area (Å²) in [6.45, 7) is 1.57. The molecule has 0 atom stereocenters. The minimum Gasteiger partial charge on any atom is -0.289 e. The quantitative estimate of drug-likeness (QED) is 0.602. The summed E-state index contributed by atoms with van der Waals surface area (Å²) < 4.78 is 26.4. The van der Waals surface area contributed by atoms with Gasteiger partial charge in [0.15, 0.2) is 5.78 Å². The van der Waals surface area contributed by atoms with E-state index in [0.717, 1.165) is 3.57 Å². The third-order valence-electron chi connectivity index (χ3n) is 2.89. The van der Waals surface area contributed by atoms with Crippen molar-refractivity contribution in [1.29, 1.82) is 0 Å². The molecule has 1 N–H and O–H groups in total. The van der Waals surface area contributed by atoms with Crippen LogP contribution in [0.25, 0.3) is 0 Å². The standard InChI is InChI=1S/C15H14INO3S/c1-2-21(19,20)17-14-8-6-11(7-9-14)15(18)12-4-3-5-13(16)10-12/h3-10,17H,2H2,1H3. The molecule has 0 amide bonds. The van der Waals surface area contributed by atoms with Crippen LogP contribution in [0, 0.1) is 3.57 Å². The number of hydrogen-bond acceptors (Lipinski definition) is 3. The predicted octanol–water partition coefficient (Wildman–Crippen LogP) is 3.28. The Morgan fingerprint density at radius 3 is 2.33 bits per heavy atom. The molecule has 0 heterocycles. The Morgan fingerprint density at radius 2 is 1.76 bits per heavy atom. The van der Waals surface area contributed by atoms with Gasteiger partial charge in [0, 0.05) is 20.4 Å². The van der Waals surface area contributed by atoms with E-state index in [-0.39, 0.29) is 11.5 Å². The SMILES string of the molecule is CCS(=O)(=O)Nc1ccc(C(=O)c2cccc(I)c2)cc1. The van der Waals surface area contributed by atoms with Crippen LogP contribution in [0.5, 0.6) is 0 Å². The first-order chi connectivity index (χ1) is 9.91. The van der Waals surface area contributed by atoms with Crippen LogP contribution in [0.3, 0.4) is 0 Å². The second kappa shape index (κ2) is 6.57. The van der Waals surface area contributed by atoms with Crippen molar-refractivity contribution in [2.24, 2.45) is 0 Å². The van der Waals surface area contributed by atoms with Gasteiger partial charge in [-0.2, -0.15) is 0 Å². The van der Waals surface area contributed by atoms with Gasteiger partial charge in [-0.25, -0.2) is 8.42 Å². The Kier molecular flexibility index (Phi) is 5.00. The van der Waals surface area contributed by atoms with E-state index in [4.69, 9.17) is 0 Å². The van der Waals surface area contributed by atoms with E-state index in [1.54, 1.807) is 37.3 Å². The summed E-state index contributed by atoms with van der Waals surface area (Å²) >= 11 is 2.15. The van der Waals surface area contributed by atoms with Gasteiger partial charge in [-0.3, -0.25) is 9.52 Å². The molecule has 0 radical (unpaired) electrons. The molecule has 0 aliphatic rings. The maximum Gasteiger partial charge on any atom is 0.232 e. The van der Waals surface area contributed by atoms with Crippen molar-refractivity contribution >= 4 is 44.1 Å². The monoisotopic (exact) mass is 415 g/mol. The second-order valence-electron chi connectivity index (χ2n) is 4.42. The fourth-order valence-electron chi connectivity index (χ4n) is 1.74. The molecule has 2 rings (SSSR count). The lowest BCUT2D eigenvalue weighted by Gasteiger charge is -2.07. The molecule has 0 bridgehead atoms. The van der Waals surface area contributed by atoms with E-state index in [2.05, 4.69) is 27.3 Å². The molecular weight excluding hydrogens is 401 g/mol. The predicted molar refractivity (Wildman–Crippen MR) is 92.1 cm³/mol. The first-order valence-electron chi connectivity index (χ1n) is 6.32. The van der Waals surface area contributed by atoms with Crippen molar-refractivity contribution in [3.63, 3.8) is 0 Å². The van der Waals surface area contributed by atoms with Gasteiger partial charge in [-0.05, 0) is 65.9 Å². The maximum atomic E-state index is 12.3. The highest BCUT2D eigenvalue weighted by molar-refractivity contribution is 14.1. The normalized spacial score (nSPS) is 11.1. The Balaban J connectivity index is 2.21. The maximum absolute atomic E-state index is 12.3.